The number of hydrogen-bond donors (Lipinski definition) is 1. The third-order valence-corrected chi connectivity index (χ3v) is 3.66. The van der Waals surface area contributed by atoms with Crippen molar-refractivity contribution >= 4 is 17.5 Å². The lowest BCUT2D eigenvalue weighted by molar-refractivity contribution is -0.137. The van der Waals surface area contributed by atoms with Gasteiger partial charge in [-0.3, -0.25) is 4.79 Å². The summed E-state index contributed by atoms with van der Waals surface area (Å²) in [5, 5.41) is 6.53. The molecule has 0 unspecified atom stereocenters. The number of alkyl halides is 3. The molecular formula is C17H11ClF3N3O2. The summed E-state index contributed by atoms with van der Waals surface area (Å²) in [4.78, 5) is 16.2. The van der Waals surface area contributed by atoms with Crippen LogP contribution < -0.4 is 5.32 Å². The van der Waals surface area contributed by atoms with Gasteiger partial charge in [0.05, 0.1) is 17.7 Å². The van der Waals surface area contributed by atoms with Crippen LogP contribution in [0.3, 0.4) is 0 Å². The van der Waals surface area contributed by atoms with Crippen LogP contribution in [0.15, 0.2) is 53.1 Å². The van der Waals surface area contributed by atoms with Crippen LogP contribution in [-0.2, 0) is 12.7 Å². The summed E-state index contributed by atoms with van der Waals surface area (Å²) in [7, 11) is 0. The van der Waals surface area contributed by atoms with Crippen molar-refractivity contribution in [1.82, 2.24) is 15.5 Å². The lowest BCUT2D eigenvalue weighted by atomic mass is 10.1. The molecule has 0 atom stereocenters. The second-order valence-electron chi connectivity index (χ2n) is 5.25. The predicted octanol–water partition coefficient (Wildman–Crippen LogP) is 4.34. The van der Waals surface area contributed by atoms with Crippen molar-refractivity contribution in [3.05, 3.63) is 70.5 Å². The van der Waals surface area contributed by atoms with Crippen LogP contribution in [0, 0.1) is 0 Å². The summed E-state index contributed by atoms with van der Waals surface area (Å²) in [6, 6.07) is 11.2. The molecule has 3 aromatic rings. The van der Waals surface area contributed by atoms with E-state index in [1.165, 1.54) is 12.1 Å². The Labute approximate surface area is 150 Å². The molecule has 0 aliphatic rings. The number of nitrogens with zero attached hydrogens (tertiary/aromatic N) is 2. The molecule has 5 nitrogen and oxygen atoms in total. The van der Waals surface area contributed by atoms with Crippen molar-refractivity contribution in [2.24, 2.45) is 0 Å². The highest BCUT2D eigenvalue weighted by atomic mass is 35.5. The van der Waals surface area contributed by atoms with Crippen molar-refractivity contribution in [1.29, 1.82) is 0 Å². The highest BCUT2D eigenvalue weighted by molar-refractivity contribution is 6.30. The minimum Gasteiger partial charge on any atom is -0.345 e. The molecule has 0 saturated heterocycles. The average molecular weight is 382 g/mol. The molecular weight excluding hydrogens is 371 g/mol. The molecule has 2 aromatic carbocycles. The van der Waals surface area contributed by atoms with E-state index in [0.717, 1.165) is 12.1 Å². The minimum absolute atomic E-state index is 0.123. The Morgan fingerprint density at radius 1 is 1.15 bits per heavy atom. The highest BCUT2D eigenvalue weighted by Crippen LogP contribution is 2.31. The lowest BCUT2D eigenvalue weighted by Gasteiger charge is -2.11. The Balaban J connectivity index is 1.72. The SMILES string of the molecule is O=C(NCc1noc(-c2cccc(Cl)c2)n1)c1ccccc1C(F)(F)F. The Morgan fingerprint density at radius 2 is 1.92 bits per heavy atom. The standard InChI is InChI=1S/C17H11ClF3N3O2/c18-11-5-3-4-10(8-11)16-23-14(24-26-16)9-22-15(25)12-6-1-2-7-13(12)17(19,20)21/h1-8H,9H2,(H,22,25). The van der Waals surface area contributed by atoms with E-state index in [0.29, 0.717) is 10.6 Å². The van der Waals surface area contributed by atoms with E-state index in [1.54, 1.807) is 24.3 Å². The molecule has 0 radical (unpaired) electrons. The molecule has 1 heterocycles. The van der Waals surface area contributed by atoms with Gasteiger partial charge in [0.25, 0.3) is 11.8 Å². The Kier molecular flexibility index (Phi) is 4.94. The van der Waals surface area contributed by atoms with Gasteiger partial charge >= 0.3 is 6.18 Å². The van der Waals surface area contributed by atoms with Gasteiger partial charge in [-0.1, -0.05) is 35.0 Å². The van der Waals surface area contributed by atoms with E-state index >= 15 is 0 Å². The normalized spacial score (nSPS) is 11.4. The van der Waals surface area contributed by atoms with Gasteiger partial charge in [-0.05, 0) is 30.3 Å². The third kappa shape index (κ3) is 4.02. The zero-order valence-corrected chi connectivity index (χ0v) is 13.8. The molecule has 3 rings (SSSR count). The van der Waals surface area contributed by atoms with Gasteiger partial charge in [-0.15, -0.1) is 0 Å². The number of halogens is 4. The number of amides is 1. The van der Waals surface area contributed by atoms with Gasteiger partial charge in [0.1, 0.15) is 0 Å². The number of hydrogen-bond acceptors (Lipinski definition) is 4. The first-order chi connectivity index (χ1) is 12.3. The number of carbonyl (C=O) groups excluding carboxylic acids is 1. The van der Waals surface area contributed by atoms with Crippen LogP contribution in [0.4, 0.5) is 13.2 Å². The summed E-state index contributed by atoms with van der Waals surface area (Å²) >= 11 is 5.88. The molecule has 0 saturated carbocycles. The van der Waals surface area contributed by atoms with Crippen molar-refractivity contribution < 1.29 is 22.5 Å². The zero-order chi connectivity index (χ0) is 18.7. The van der Waals surface area contributed by atoms with E-state index in [9.17, 15) is 18.0 Å². The van der Waals surface area contributed by atoms with Crippen LogP contribution in [0.25, 0.3) is 11.5 Å². The van der Waals surface area contributed by atoms with Crippen molar-refractivity contribution in [3.63, 3.8) is 0 Å². The molecule has 0 spiro atoms. The molecule has 0 aliphatic heterocycles. The summed E-state index contributed by atoms with van der Waals surface area (Å²) < 4.78 is 44.0. The first kappa shape index (κ1) is 17.9. The van der Waals surface area contributed by atoms with Gasteiger partial charge in [0.15, 0.2) is 5.82 Å². The zero-order valence-electron chi connectivity index (χ0n) is 13.0. The number of carbonyl (C=O) groups is 1. The van der Waals surface area contributed by atoms with Crippen LogP contribution in [-0.4, -0.2) is 16.0 Å². The second-order valence-corrected chi connectivity index (χ2v) is 5.69. The smallest absolute Gasteiger partial charge is 0.345 e. The molecule has 1 aromatic heterocycles. The second kappa shape index (κ2) is 7.17. The number of rotatable bonds is 4. The maximum Gasteiger partial charge on any atom is 0.417 e. The average Bonchev–Trinajstić information content (AvgIpc) is 3.08. The molecule has 0 aliphatic carbocycles. The fourth-order valence-corrected chi connectivity index (χ4v) is 2.44. The van der Waals surface area contributed by atoms with Crippen LogP contribution >= 0.6 is 11.6 Å². The summed E-state index contributed by atoms with van der Waals surface area (Å²) in [5.41, 5.74) is -0.895. The third-order valence-electron chi connectivity index (χ3n) is 3.42. The number of nitrogens with one attached hydrogen (secondary N) is 1. The van der Waals surface area contributed by atoms with E-state index in [-0.39, 0.29) is 18.3 Å². The van der Waals surface area contributed by atoms with Crippen molar-refractivity contribution in [2.45, 2.75) is 12.7 Å². The van der Waals surface area contributed by atoms with Gasteiger partial charge in [0, 0.05) is 10.6 Å². The lowest BCUT2D eigenvalue weighted by Crippen LogP contribution is -2.26. The first-order valence-electron chi connectivity index (χ1n) is 7.37. The maximum absolute atomic E-state index is 13.0. The van der Waals surface area contributed by atoms with E-state index < -0.39 is 23.2 Å². The van der Waals surface area contributed by atoms with Crippen LogP contribution in [0.5, 0.6) is 0 Å². The maximum atomic E-state index is 13.0. The molecule has 1 amide bonds. The van der Waals surface area contributed by atoms with Gasteiger partial charge in [0.2, 0.25) is 0 Å². The summed E-state index contributed by atoms with van der Waals surface area (Å²) in [6.07, 6.45) is -4.63. The highest BCUT2D eigenvalue weighted by Gasteiger charge is 2.34. The van der Waals surface area contributed by atoms with Crippen molar-refractivity contribution in [3.8, 4) is 11.5 Å². The van der Waals surface area contributed by atoms with E-state index in [1.807, 2.05) is 0 Å². The van der Waals surface area contributed by atoms with Crippen molar-refractivity contribution in [2.75, 3.05) is 0 Å². The molecule has 134 valence electrons. The summed E-state index contributed by atoms with van der Waals surface area (Å²) in [6.45, 7) is -0.185. The van der Waals surface area contributed by atoms with Gasteiger partial charge < -0.3 is 9.84 Å². The Bertz CT molecular complexity index is 941. The van der Waals surface area contributed by atoms with Crippen LogP contribution in [0.1, 0.15) is 21.7 Å². The predicted molar refractivity (Wildman–Crippen MR) is 87.4 cm³/mol. The van der Waals surface area contributed by atoms with E-state index in [4.69, 9.17) is 16.1 Å². The minimum atomic E-state index is -4.63. The fraction of sp³-hybridized carbons (Fsp3) is 0.118. The largest absolute Gasteiger partial charge is 0.417 e. The van der Waals surface area contributed by atoms with Crippen LogP contribution in [0.2, 0.25) is 5.02 Å². The first-order valence-corrected chi connectivity index (χ1v) is 7.75. The monoisotopic (exact) mass is 381 g/mol. The number of aromatic nitrogens is 2. The Hall–Kier alpha value is -2.87. The molecule has 0 fully saturated rings. The molecule has 0 bridgehead atoms. The quantitative estimate of drug-likeness (QED) is 0.730. The molecule has 26 heavy (non-hydrogen) atoms. The fourth-order valence-electron chi connectivity index (χ4n) is 2.25. The van der Waals surface area contributed by atoms with E-state index in [2.05, 4.69) is 15.5 Å². The number of benzene rings is 2. The molecule has 1 N–H and O–H groups in total. The van der Waals surface area contributed by atoms with Gasteiger partial charge in [-0.2, -0.15) is 18.2 Å². The molecule has 9 heteroatoms. The van der Waals surface area contributed by atoms with Gasteiger partial charge in [-0.25, -0.2) is 0 Å². The summed E-state index contributed by atoms with van der Waals surface area (Å²) in [5.74, 6) is -0.572. The Morgan fingerprint density at radius 3 is 2.65 bits per heavy atom. The topological polar surface area (TPSA) is 68.0 Å².